The Bertz CT molecular complexity index is 295. The predicted molar refractivity (Wildman–Crippen MR) is 73.0 cm³/mol. The van der Waals surface area contributed by atoms with Crippen molar-refractivity contribution < 1.29 is 8.42 Å². The standard InChI is InChI=1S/C13H27NO2S/c1-3-17(15,16)11-7-10-13(14-2)12-8-5-4-6-9-12/h12-14H,3-11H2,1-2H3. The van der Waals surface area contributed by atoms with Crippen LogP contribution in [0.2, 0.25) is 0 Å². The molecule has 0 bridgehead atoms. The molecule has 4 heteroatoms. The Morgan fingerprint density at radius 1 is 1.24 bits per heavy atom. The van der Waals surface area contributed by atoms with Gasteiger partial charge in [-0.3, -0.25) is 0 Å². The maximum absolute atomic E-state index is 11.4. The third kappa shape index (κ3) is 5.38. The van der Waals surface area contributed by atoms with Crippen molar-refractivity contribution in [2.45, 2.75) is 57.9 Å². The molecule has 0 aromatic rings. The second kappa shape index (κ2) is 7.37. The van der Waals surface area contributed by atoms with Crippen molar-refractivity contribution in [2.24, 2.45) is 5.92 Å². The molecule has 0 heterocycles. The average molecular weight is 261 g/mol. The second-order valence-electron chi connectivity index (χ2n) is 5.17. The lowest BCUT2D eigenvalue weighted by molar-refractivity contribution is 0.267. The van der Waals surface area contributed by atoms with E-state index in [1.54, 1.807) is 6.92 Å². The van der Waals surface area contributed by atoms with Gasteiger partial charge in [-0.1, -0.05) is 26.2 Å². The van der Waals surface area contributed by atoms with Crippen molar-refractivity contribution in [2.75, 3.05) is 18.6 Å². The van der Waals surface area contributed by atoms with E-state index in [1.807, 2.05) is 7.05 Å². The lowest BCUT2D eigenvalue weighted by Gasteiger charge is -2.30. The SMILES string of the molecule is CCS(=O)(=O)CCCC(NC)C1CCCCC1. The fourth-order valence-corrected chi connectivity index (χ4v) is 3.71. The second-order valence-corrected chi connectivity index (χ2v) is 7.64. The van der Waals surface area contributed by atoms with Crippen LogP contribution in [-0.2, 0) is 9.84 Å². The summed E-state index contributed by atoms with van der Waals surface area (Å²) in [6, 6.07) is 0.516. The zero-order chi connectivity index (χ0) is 12.7. The summed E-state index contributed by atoms with van der Waals surface area (Å²) in [7, 11) is -0.774. The normalized spacial score (nSPS) is 20.4. The molecule has 1 N–H and O–H groups in total. The van der Waals surface area contributed by atoms with Crippen molar-refractivity contribution in [3.63, 3.8) is 0 Å². The minimum atomic E-state index is -2.78. The van der Waals surface area contributed by atoms with E-state index in [1.165, 1.54) is 32.1 Å². The van der Waals surface area contributed by atoms with Crippen LogP contribution in [0, 0.1) is 5.92 Å². The van der Waals surface area contributed by atoms with E-state index in [4.69, 9.17) is 0 Å². The van der Waals surface area contributed by atoms with E-state index < -0.39 is 9.84 Å². The van der Waals surface area contributed by atoms with Crippen LogP contribution in [0.3, 0.4) is 0 Å². The first-order valence-electron chi connectivity index (χ1n) is 6.96. The summed E-state index contributed by atoms with van der Waals surface area (Å²) in [5.41, 5.74) is 0. The fourth-order valence-electron chi connectivity index (χ4n) is 2.82. The van der Waals surface area contributed by atoms with E-state index in [-0.39, 0.29) is 5.75 Å². The van der Waals surface area contributed by atoms with Crippen molar-refractivity contribution in [3.8, 4) is 0 Å². The van der Waals surface area contributed by atoms with Crippen LogP contribution in [-0.4, -0.2) is 33.0 Å². The zero-order valence-corrected chi connectivity index (χ0v) is 12.1. The Labute approximate surface area is 106 Å². The van der Waals surface area contributed by atoms with E-state index in [2.05, 4.69) is 5.32 Å². The molecule has 0 radical (unpaired) electrons. The highest BCUT2D eigenvalue weighted by atomic mass is 32.2. The maximum Gasteiger partial charge on any atom is 0.150 e. The highest BCUT2D eigenvalue weighted by molar-refractivity contribution is 7.91. The van der Waals surface area contributed by atoms with Gasteiger partial charge in [0.25, 0.3) is 0 Å². The molecule has 1 saturated carbocycles. The molecule has 0 aliphatic heterocycles. The first-order chi connectivity index (χ1) is 8.09. The van der Waals surface area contributed by atoms with Gasteiger partial charge in [0.1, 0.15) is 9.84 Å². The first kappa shape index (κ1) is 15.0. The quantitative estimate of drug-likeness (QED) is 0.765. The molecule has 1 aliphatic rings. The van der Waals surface area contributed by atoms with Crippen LogP contribution in [0.4, 0.5) is 0 Å². The molecule has 1 atom stereocenters. The van der Waals surface area contributed by atoms with Crippen molar-refractivity contribution in [1.82, 2.24) is 5.32 Å². The summed E-state index contributed by atoms with van der Waals surface area (Å²) in [5.74, 6) is 1.40. The largest absolute Gasteiger partial charge is 0.317 e. The van der Waals surface area contributed by atoms with Crippen LogP contribution in [0.5, 0.6) is 0 Å². The summed E-state index contributed by atoms with van der Waals surface area (Å²) in [5, 5.41) is 3.38. The Balaban J connectivity index is 2.31. The van der Waals surface area contributed by atoms with Crippen molar-refractivity contribution in [3.05, 3.63) is 0 Å². The molecule has 1 unspecified atom stereocenters. The predicted octanol–water partition coefficient (Wildman–Crippen LogP) is 2.37. The molecule has 102 valence electrons. The summed E-state index contributed by atoms with van der Waals surface area (Å²) >= 11 is 0. The number of sulfone groups is 1. The number of rotatable bonds is 7. The van der Waals surface area contributed by atoms with E-state index in [0.717, 1.165) is 18.8 Å². The van der Waals surface area contributed by atoms with Gasteiger partial charge in [-0.15, -0.1) is 0 Å². The molecule has 0 saturated heterocycles. The smallest absolute Gasteiger partial charge is 0.150 e. The van der Waals surface area contributed by atoms with Gasteiger partial charge < -0.3 is 5.32 Å². The summed E-state index contributed by atoms with van der Waals surface area (Å²) in [6.45, 7) is 1.73. The molecule has 3 nitrogen and oxygen atoms in total. The van der Waals surface area contributed by atoms with Gasteiger partial charge in [0.2, 0.25) is 0 Å². The Morgan fingerprint density at radius 2 is 1.88 bits per heavy atom. The van der Waals surface area contributed by atoms with Gasteiger partial charge in [-0.05, 0) is 38.6 Å². The van der Waals surface area contributed by atoms with Crippen LogP contribution in [0.1, 0.15) is 51.9 Å². The zero-order valence-electron chi connectivity index (χ0n) is 11.2. The Kier molecular flexibility index (Phi) is 6.49. The molecular formula is C13H27NO2S. The highest BCUT2D eigenvalue weighted by Gasteiger charge is 2.22. The Hall–Kier alpha value is -0.0900. The Morgan fingerprint density at radius 3 is 2.41 bits per heavy atom. The van der Waals surface area contributed by atoms with Gasteiger partial charge in [0.15, 0.2) is 0 Å². The number of hydrogen-bond donors (Lipinski definition) is 1. The van der Waals surface area contributed by atoms with Gasteiger partial charge in [0, 0.05) is 11.8 Å². The van der Waals surface area contributed by atoms with Crippen LogP contribution in [0.15, 0.2) is 0 Å². The summed E-state index contributed by atoms with van der Waals surface area (Å²) < 4.78 is 22.8. The minimum Gasteiger partial charge on any atom is -0.317 e. The van der Waals surface area contributed by atoms with Crippen LogP contribution < -0.4 is 5.32 Å². The molecule has 0 aromatic heterocycles. The monoisotopic (exact) mass is 261 g/mol. The van der Waals surface area contributed by atoms with Gasteiger partial charge in [-0.25, -0.2) is 8.42 Å². The highest BCUT2D eigenvalue weighted by Crippen LogP contribution is 2.28. The van der Waals surface area contributed by atoms with Gasteiger partial charge in [-0.2, -0.15) is 0 Å². The first-order valence-corrected chi connectivity index (χ1v) is 8.79. The molecule has 17 heavy (non-hydrogen) atoms. The lowest BCUT2D eigenvalue weighted by Crippen LogP contribution is -2.35. The van der Waals surface area contributed by atoms with Gasteiger partial charge in [0.05, 0.1) is 5.75 Å². The van der Waals surface area contributed by atoms with Crippen LogP contribution in [0.25, 0.3) is 0 Å². The average Bonchev–Trinajstić information content (AvgIpc) is 2.36. The lowest BCUT2D eigenvalue weighted by atomic mass is 9.82. The van der Waals surface area contributed by atoms with Crippen LogP contribution >= 0.6 is 0 Å². The minimum absolute atomic E-state index is 0.278. The fraction of sp³-hybridized carbons (Fsp3) is 1.00. The molecule has 0 aromatic carbocycles. The third-order valence-corrected chi connectivity index (χ3v) is 5.79. The molecule has 1 fully saturated rings. The summed E-state index contributed by atoms with van der Waals surface area (Å²) in [6.07, 6.45) is 8.49. The molecule has 0 amide bonds. The molecule has 0 spiro atoms. The maximum atomic E-state index is 11.4. The van der Waals surface area contributed by atoms with E-state index in [9.17, 15) is 8.42 Å². The molecule has 1 rings (SSSR count). The van der Waals surface area contributed by atoms with Crippen molar-refractivity contribution >= 4 is 9.84 Å². The van der Waals surface area contributed by atoms with Gasteiger partial charge >= 0.3 is 0 Å². The topological polar surface area (TPSA) is 46.2 Å². The van der Waals surface area contributed by atoms with E-state index in [0.29, 0.717) is 11.8 Å². The van der Waals surface area contributed by atoms with E-state index >= 15 is 0 Å². The third-order valence-electron chi connectivity index (χ3n) is 4.00. The number of hydrogen-bond acceptors (Lipinski definition) is 3. The molecular weight excluding hydrogens is 234 g/mol. The molecule has 1 aliphatic carbocycles. The number of nitrogens with one attached hydrogen (secondary N) is 1. The summed E-state index contributed by atoms with van der Waals surface area (Å²) in [4.78, 5) is 0. The van der Waals surface area contributed by atoms with Crippen molar-refractivity contribution in [1.29, 1.82) is 0 Å².